The van der Waals surface area contributed by atoms with Crippen LogP contribution in [0.15, 0.2) is 44.7 Å². The molecule has 4 rings (SSSR count). The summed E-state index contributed by atoms with van der Waals surface area (Å²) in [6.45, 7) is 3.13. The van der Waals surface area contributed by atoms with E-state index in [1.807, 2.05) is 41.9 Å². The molecule has 0 N–H and O–H groups in total. The number of hydrazone groups is 1. The quantitative estimate of drug-likeness (QED) is 0.548. The molecule has 29 heavy (non-hydrogen) atoms. The minimum absolute atomic E-state index is 0.193. The summed E-state index contributed by atoms with van der Waals surface area (Å²) < 4.78 is 10.4. The van der Waals surface area contributed by atoms with Crippen LogP contribution in [0.2, 0.25) is 0 Å². The molecule has 3 aromatic rings. The minimum atomic E-state index is -0.608. The van der Waals surface area contributed by atoms with Crippen molar-refractivity contribution in [2.24, 2.45) is 5.10 Å². The number of amides is 1. The van der Waals surface area contributed by atoms with Gasteiger partial charge in [-0.3, -0.25) is 4.79 Å². The highest BCUT2D eigenvalue weighted by Crippen LogP contribution is 2.35. The number of carbonyl (C=O) groups is 2. The number of aromatic nitrogens is 1. The lowest BCUT2D eigenvalue weighted by atomic mass is 10.1. The molecular weight excluding hydrogens is 410 g/mol. The zero-order valence-electron chi connectivity index (χ0n) is 16.0. The normalized spacial score (nSPS) is 16.1. The van der Waals surface area contributed by atoms with Crippen LogP contribution < -0.4 is 0 Å². The van der Waals surface area contributed by atoms with Crippen molar-refractivity contribution in [2.75, 3.05) is 6.61 Å². The maximum absolute atomic E-state index is 12.9. The fourth-order valence-electron chi connectivity index (χ4n) is 3.22. The number of esters is 1. The van der Waals surface area contributed by atoms with Crippen molar-refractivity contribution < 1.29 is 18.8 Å². The SMILES string of the molecule is CCc1noc(C)c1C(=O)OCC(=O)N1N=C(c2cccs2)CC1c1cccs1. The van der Waals surface area contributed by atoms with Crippen LogP contribution in [0, 0.1) is 6.92 Å². The second-order valence-corrected chi connectivity index (χ2v) is 8.41. The van der Waals surface area contributed by atoms with Gasteiger partial charge in [-0.15, -0.1) is 22.7 Å². The molecule has 1 atom stereocenters. The highest BCUT2D eigenvalue weighted by Gasteiger charge is 2.34. The van der Waals surface area contributed by atoms with Crippen LogP contribution in [0.25, 0.3) is 0 Å². The zero-order chi connectivity index (χ0) is 20.4. The van der Waals surface area contributed by atoms with Gasteiger partial charge in [-0.2, -0.15) is 5.10 Å². The summed E-state index contributed by atoms with van der Waals surface area (Å²) in [4.78, 5) is 27.4. The van der Waals surface area contributed by atoms with Crippen LogP contribution in [0.1, 0.15) is 51.0 Å². The van der Waals surface area contributed by atoms with Gasteiger partial charge in [0.2, 0.25) is 0 Å². The molecule has 0 radical (unpaired) electrons. The summed E-state index contributed by atoms with van der Waals surface area (Å²) in [5, 5.41) is 13.8. The van der Waals surface area contributed by atoms with Crippen molar-refractivity contribution in [1.82, 2.24) is 10.2 Å². The Morgan fingerprint density at radius 1 is 1.28 bits per heavy atom. The second-order valence-electron chi connectivity index (χ2n) is 6.49. The first-order valence-electron chi connectivity index (χ1n) is 9.17. The maximum Gasteiger partial charge on any atom is 0.344 e. The minimum Gasteiger partial charge on any atom is -0.452 e. The lowest BCUT2D eigenvalue weighted by molar-refractivity contribution is -0.136. The van der Waals surface area contributed by atoms with Crippen molar-refractivity contribution in [1.29, 1.82) is 0 Å². The Labute approximate surface area is 175 Å². The number of hydrogen-bond acceptors (Lipinski definition) is 8. The highest BCUT2D eigenvalue weighted by molar-refractivity contribution is 7.12. The summed E-state index contributed by atoms with van der Waals surface area (Å²) in [5.74, 6) is -0.589. The summed E-state index contributed by atoms with van der Waals surface area (Å²) in [5.41, 5.74) is 1.68. The van der Waals surface area contributed by atoms with Crippen LogP contribution in [0.3, 0.4) is 0 Å². The van der Waals surface area contributed by atoms with Gasteiger partial charge in [0.15, 0.2) is 6.61 Å². The molecule has 0 fully saturated rings. The lowest BCUT2D eigenvalue weighted by Gasteiger charge is -2.20. The van der Waals surface area contributed by atoms with E-state index < -0.39 is 12.6 Å². The molecule has 4 heterocycles. The van der Waals surface area contributed by atoms with Gasteiger partial charge in [-0.05, 0) is 36.2 Å². The van der Waals surface area contributed by atoms with Gasteiger partial charge in [0, 0.05) is 11.3 Å². The monoisotopic (exact) mass is 429 g/mol. The first kappa shape index (κ1) is 19.5. The van der Waals surface area contributed by atoms with E-state index in [4.69, 9.17) is 9.26 Å². The topological polar surface area (TPSA) is 85.0 Å². The predicted molar refractivity (Wildman–Crippen MR) is 110 cm³/mol. The summed E-state index contributed by atoms with van der Waals surface area (Å²) >= 11 is 3.17. The molecule has 1 unspecified atom stereocenters. The number of ether oxygens (including phenoxy) is 1. The van der Waals surface area contributed by atoms with Gasteiger partial charge in [0.05, 0.1) is 22.3 Å². The van der Waals surface area contributed by atoms with Crippen molar-refractivity contribution in [3.8, 4) is 0 Å². The van der Waals surface area contributed by atoms with Gasteiger partial charge >= 0.3 is 5.97 Å². The molecule has 9 heteroatoms. The third-order valence-electron chi connectivity index (χ3n) is 4.64. The van der Waals surface area contributed by atoms with E-state index in [1.165, 1.54) is 5.01 Å². The van der Waals surface area contributed by atoms with Gasteiger partial charge in [-0.25, -0.2) is 9.80 Å². The smallest absolute Gasteiger partial charge is 0.344 e. The Balaban J connectivity index is 1.50. The zero-order valence-corrected chi connectivity index (χ0v) is 17.6. The molecule has 0 saturated heterocycles. The first-order chi connectivity index (χ1) is 14.1. The first-order valence-corrected chi connectivity index (χ1v) is 10.9. The molecule has 1 aliphatic heterocycles. The molecule has 3 aromatic heterocycles. The standard InChI is InChI=1S/C20H19N3O4S2/c1-3-13-19(12(2)27-22-13)20(25)26-11-18(24)23-15(17-7-5-9-29-17)10-14(21-23)16-6-4-8-28-16/h4-9,15H,3,10-11H2,1-2H3. The molecule has 0 aliphatic carbocycles. The molecule has 0 saturated carbocycles. The molecule has 0 bridgehead atoms. The maximum atomic E-state index is 12.9. The largest absolute Gasteiger partial charge is 0.452 e. The predicted octanol–water partition coefficient (Wildman–Crippen LogP) is 4.20. The van der Waals surface area contributed by atoms with Crippen molar-refractivity contribution in [2.45, 2.75) is 32.7 Å². The van der Waals surface area contributed by atoms with Gasteiger partial charge in [0.25, 0.3) is 5.91 Å². The molecule has 1 aliphatic rings. The van der Waals surface area contributed by atoms with Gasteiger partial charge < -0.3 is 9.26 Å². The Kier molecular flexibility index (Phi) is 5.59. The Bertz CT molecular complexity index is 1040. The molecule has 0 spiro atoms. The average Bonchev–Trinajstić information content (AvgIpc) is 3.51. The fraction of sp³-hybridized carbons (Fsp3) is 0.300. The number of carbonyl (C=O) groups excluding carboxylic acids is 2. The van der Waals surface area contributed by atoms with Crippen molar-refractivity contribution >= 4 is 40.3 Å². The van der Waals surface area contributed by atoms with Crippen LogP contribution in [0.5, 0.6) is 0 Å². The van der Waals surface area contributed by atoms with E-state index in [2.05, 4.69) is 10.3 Å². The van der Waals surface area contributed by atoms with E-state index in [-0.39, 0.29) is 11.9 Å². The molecule has 0 aromatic carbocycles. The van der Waals surface area contributed by atoms with Crippen LogP contribution in [-0.2, 0) is 16.0 Å². The van der Waals surface area contributed by atoms with E-state index in [0.29, 0.717) is 29.9 Å². The molecule has 1 amide bonds. The van der Waals surface area contributed by atoms with Crippen molar-refractivity contribution in [3.05, 3.63) is 61.8 Å². The lowest BCUT2D eigenvalue weighted by Crippen LogP contribution is -2.31. The Morgan fingerprint density at radius 2 is 2.07 bits per heavy atom. The van der Waals surface area contributed by atoms with Crippen molar-refractivity contribution in [3.63, 3.8) is 0 Å². The third kappa shape index (κ3) is 3.88. The molecular formula is C20H19N3O4S2. The van der Waals surface area contributed by atoms with E-state index in [1.54, 1.807) is 29.6 Å². The molecule has 150 valence electrons. The highest BCUT2D eigenvalue weighted by atomic mass is 32.1. The average molecular weight is 430 g/mol. The number of aryl methyl sites for hydroxylation is 2. The Morgan fingerprint density at radius 3 is 2.76 bits per heavy atom. The van der Waals surface area contributed by atoms with Crippen LogP contribution >= 0.6 is 22.7 Å². The van der Waals surface area contributed by atoms with Gasteiger partial charge in [-0.1, -0.05) is 24.2 Å². The number of thiophene rings is 2. The van der Waals surface area contributed by atoms with E-state index in [0.717, 1.165) is 15.5 Å². The van der Waals surface area contributed by atoms with Crippen LogP contribution in [-0.4, -0.2) is 34.4 Å². The number of nitrogens with zero attached hydrogens (tertiary/aromatic N) is 3. The van der Waals surface area contributed by atoms with E-state index >= 15 is 0 Å². The summed E-state index contributed by atoms with van der Waals surface area (Å²) in [7, 11) is 0. The third-order valence-corrected chi connectivity index (χ3v) is 6.53. The van der Waals surface area contributed by atoms with Crippen LogP contribution in [0.4, 0.5) is 0 Å². The summed E-state index contributed by atoms with van der Waals surface area (Å²) in [6.07, 6.45) is 1.17. The Hall–Kier alpha value is -2.78. The number of hydrogen-bond donors (Lipinski definition) is 0. The van der Waals surface area contributed by atoms with Gasteiger partial charge in [0.1, 0.15) is 11.3 Å². The molecule has 7 nitrogen and oxygen atoms in total. The second kappa shape index (κ2) is 8.30. The fourth-order valence-corrected chi connectivity index (χ4v) is 4.75. The van der Waals surface area contributed by atoms with E-state index in [9.17, 15) is 9.59 Å². The summed E-state index contributed by atoms with van der Waals surface area (Å²) in [6, 6.07) is 7.70. The number of rotatable bonds is 6.